The van der Waals surface area contributed by atoms with E-state index in [4.69, 9.17) is 5.11 Å². The zero-order chi connectivity index (χ0) is 19.7. The molecule has 1 saturated heterocycles. The van der Waals surface area contributed by atoms with Gasteiger partial charge in [-0.2, -0.15) is 11.8 Å². The van der Waals surface area contributed by atoms with E-state index in [1.54, 1.807) is 16.7 Å². The molecule has 4 rings (SSSR count). The SMILES string of the molecule is Cc1nc2cc(C(=O)N3CCSCC3CC(=O)O)ccc2n1-c1ccccc1. The van der Waals surface area contributed by atoms with Crippen LogP contribution in [0.1, 0.15) is 22.6 Å². The third-order valence-electron chi connectivity index (χ3n) is 4.98. The summed E-state index contributed by atoms with van der Waals surface area (Å²) in [6, 6.07) is 15.2. The number of thioether (sulfide) groups is 1. The minimum absolute atomic E-state index is 0.0251. The number of fused-ring (bicyclic) bond motifs is 1. The van der Waals surface area contributed by atoms with E-state index in [9.17, 15) is 9.59 Å². The van der Waals surface area contributed by atoms with Crippen molar-refractivity contribution >= 4 is 34.7 Å². The second kappa shape index (κ2) is 7.67. The molecule has 0 bridgehead atoms. The Morgan fingerprint density at radius 1 is 1.21 bits per heavy atom. The van der Waals surface area contributed by atoms with Gasteiger partial charge in [-0.05, 0) is 37.3 Å². The molecule has 2 heterocycles. The summed E-state index contributed by atoms with van der Waals surface area (Å²) in [6.07, 6.45) is -0.0251. The maximum absolute atomic E-state index is 13.1. The predicted molar refractivity (Wildman–Crippen MR) is 110 cm³/mol. The smallest absolute Gasteiger partial charge is 0.305 e. The molecule has 1 fully saturated rings. The summed E-state index contributed by atoms with van der Waals surface area (Å²) < 4.78 is 2.06. The second-order valence-electron chi connectivity index (χ2n) is 6.86. The molecule has 0 spiro atoms. The number of imidazole rings is 1. The Morgan fingerprint density at radius 3 is 2.75 bits per heavy atom. The highest BCUT2D eigenvalue weighted by molar-refractivity contribution is 7.99. The van der Waals surface area contributed by atoms with Crippen molar-refractivity contribution in [2.75, 3.05) is 18.1 Å². The summed E-state index contributed by atoms with van der Waals surface area (Å²) in [4.78, 5) is 30.6. The van der Waals surface area contributed by atoms with Gasteiger partial charge in [-0.25, -0.2) is 4.98 Å². The van der Waals surface area contributed by atoms with Crippen molar-refractivity contribution in [2.24, 2.45) is 0 Å². The van der Waals surface area contributed by atoms with Crippen LogP contribution < -0.4 is 0 Å². The number of para-hydroxylation sites is 1. The van der Waals surface area contributed by atoms with Crippen LogP contribution in [0, 0.1) is 6.92 Å². The van der Waals surface area contributed by atoms with Crippen LogP contribution in [0.15, 0.2) is 48.5 Å². The summed E-state index contributed by atoms with van der Waals surface area (Å²) in [6.45, 7) is 2.51. The number of carbonyl (C=O) groups excluding carboxylic acids is 1. The predicted octanol–water partition coefficient (Wildman–Crippen LogP) is 3.37. The number of rotatable bonds is 4. The number of hydrogen-bond acceptors (Lipinski definition) is 4. The Labute approximate surface area is 167 Å². The lowest BCUT2D eigenvalue weighted by Gasteiger charge is -2.34. The average molecular weight is 395 g/mol. The molecule has 1 N–H and O–H groups in total. The van der Waals surface area contributed by atoms with Crippen molar-refractivity contribution in [2.45, 2.75) is 19.4 Å². The van der Waals surface area contributed by atoms with Gasteiger partial charge in [0.05, 0.1) is 23.5 Å². The highest BCUT2D eigenvalue weighted by atomic mass is 32.2. The van der Waals surface area contributed by atoms with E-state index >= 15 is 0 Å². The van der Waals surface area contributed by atoms with Gasteiger partial charge in [0.25, 0.3) is 5.91 Å². The summed E-state index contributed by atoms with van der Waals surface area (Å²) in [7, 11) is 0. The topological polar surface area (TPSA) is 75.4 Å². The first-order valence-corrected chi connectivity index (χ1v) is 10.3. The van der Waals surface area contributed by atoms with Gasteiger partial charge < -0.3 is 10.0 Å². The van der Waals surface area contributed by atoms with Gasteiger partial charge in [0.2, 0.25) is 0 Å². The zero-order valence-corrected chi connectivity index (χ0v) is 16.4. The molecule has 1 aliphatic rings. The van der Waals surface area contributed by atoms with Gasteiger partial charge in [0.1, 0.15) is 5.82 Å². The first-order chi connectivity index (χ1) is 13.5. The van der Waals surface area contributed by atoms with Crippen LogP contribution in [-0.2, 0) is 4.79 Å². The van der Waals surface area contributed by atoms with Crippen molar-refractivity contribution in [3.63, 3.8) is 0 Å². The zero-order valence-electron chi connectivity index (χ0n) is 15.5. The summed E-state index contributed by atoms with van der Waals surface area (Å²) in [5.41, 5.74) is 3.27. The largest absolute Gasteiger partial charge is 0.481 e. The third kappa shape index (κ3) is 3.49. The molecule has 28 heavy (non-hydrogen) atoms. The van der Waals surface area contributed by atoms with Crippen LogP contribution in [0.2, 0.25) is 0 Å². The molecule has 0 saturated carbocycles. The molecule has 2 aromatic carbocycles. The summed E-state index contributed by atoms with van der Waals surface area (Å²) in [5, 5.41) is 9.16. The summed E-state index contributed by atoms with van der Waals surface area (Å²) >= 11 is 1.69. The van der Waals surface area contributed by atoms with Crippen LogP contribution in [0.3, 0.4) is 0 Å². The van der Waals surface area contributed by atoms with Crippen LogP contribution >= 0.6 is 11.8 Å². The number of nitrogens with zero attached hydrogens (tertiary/aromatic N) is 3. The number of carbonyl (C=O) groups is 2. The molecular weight excluding hydrogens is 374 g/mol. The molecule has 1 aliphatic heterocycles. The minimum Gasteiger partial charge on any atom is -0.481 e. The minimum atomic E-state index is -0.877. The maximum atomic E-state index is 13.1. The van der Waals surface area contributed by atoms with Crippen LogP contribution in [0.4, 0.5) is 0 Å². The van der Waals surface area contributed by atoms with E-state index in [1.807, 2.05) is 55.5 Å². The van der Waals surface area contributed by atoms with Crippen molar-refractivity contribution in [3.05, 3.63) is 59.9 Å². The molecule has 6 nitrogen and oxygen atoms in total. The molecule has 144 valence electrons. The fourth-order valence-electron chi connectivity index (χ4n) is 3.70. The normalized spacial score (nSPS) is 17.0. The van der Waals surface area contributed by atoms with Crippen LogP contribution in [0.5, 0.6) is 0 Å². The lowest BCUT2D eigenvalue weighted by molar-refractivity contribution is -0.138. The van der Waals surface area contributed by atoms with E-state index < -0.39 is 5.97 Å². The molecule has 3 aromatic rings. The first kappa shape index (κ1) is 18.6. The molecular formula is C21H21N3O3S. The van der Waals surface area contributed by atoms with Gasteiger partial charge in [-0.15, -0.1) is 0 Å². The monoisotopic (exact) mass is 395 g/mol. The van der Waals surface area contributed by atoms with Gasteiger partial charge in [0, 0.05) is 29.3 Å². The lowest BCUT2D eigenvalue weighted by atomic mass is 10.1. The molecule has 1 aromatic heterocycles. The molecule has 1 amide bonds. The van der Waals surface area contributed by atoms with E-state index in [0.717, 1.165) is 28.3 Å². The Kier molecular flexibility index (Phi) is 5.09. The van der Waals surface area contributed by atoms with Gasteiger partial charge in [-0.3, -0.25) is 14.2 Å². The van der Waals surface area contributed by atoms with E-state index in [0.29, 0.717) is 17.9 Å². The Bertz CT molecular complexity index is 1030. The standard InChI is InChI=1S/C21H21N3O3S/c1-14-22-18-11-15(7-8-19(18)24(14)16-5-3-2-4-6-16)21(27)23-9-10-28-13-17(23)12-20(25)26/h2-8,11,17H,9-10,12-13H2,1H3,(H,25,26). The molecule has 1 atom stereocenters. The highest BCUT2D eigenvalue weighted by Crippen LogP contribution is 2.25. The molecule has 1 unspecified atom stereocenters. The number of amides is 1. The number of carboxylic acid groups (broad SMARTS) is 1. The fourth-order valence-corrected chi connectivity index (χ4v) is 4.76. The number of hydrogen-bond donors (Lipinski definition) is 1. The molecule has 0 radical (unpaired) electrons. The average Bonchev–Trinajstić information content (AvgIpc) is 3.03. The van der Waals surface area contributed by atoms with Crippen LogP contribution in [0.25, 0.3) is 16.7 Å². The molecule has 0 aliphatic carbocycles. The van der Waals surface area contributed by atoms with Crippen molar-refractivity contribution in [3.8, 4) is 5.69 Å². The number of aryl methyl sites for hydroxylation is 1. The number of aromatic nitrogens is 2. The fraction of sp³-hybridized carbons (Fsp3) is 0.286. The van der Waals surface area contributed by atoms with Crippen molar-refractivity contribution in [1.82, 2.24) is 14.5 Å². The van der Waals surface area contributed by atoms with Crippen molar-refractivity contribution < 1.29 is 14.7 Å². The quantitative estimate of drug-likeness (QED) is 0.733. The van der Waals surface area contributed by atoms with E-state index in [2.05, 4.69) is 9.55 Å². The number of carboxylic acids is 1. The van der Waals surface area contributed by atoms with Gasteiger partial charge in [0.15, 0.2) is 0 Å². The second-order valence-corrected chi connectivity index (χ2v) is 8.01. The summed E-state index contributed by atoms with van der Waals surface area (Å²) in [5.74, 6) is 1.33. The first-order valence-electron chi connectivity index (χ1n) is 9.19. The Morgan fingerprint density at radius 2 is 2.00 bits per heavy atom. The van der Waals surface area contributed by atoms with Crippen molar-refractivity contribution in [1.29, 1.82) is 0 Å². The molecule has 7 heteroatoms. The van der Waals surface area contributed by atoms with Gasteiger partial charge >= 0.3 is 5.97 Å². The van der Waals surface area contributed by atoms with E-state index in [-0.39, 0.29) is 18.4 Å². The van der Waals surface area contributed by atoms with Crippen LogP contribution in [-0.4, -0.2) is 55.5 Å². The third-order valence-corrected chi connectivity index (χ3v) is 6.07. The number of aliphatic carboxylic acids is 1. The maximum Gasteiger partial charge on any atom is 0.305 e. The van der Waals surface area contributed by atoms with Gasteiger partial charge in [-0.1, -0.05) is 18.2 Å². The number of benzene rings is 2. The Balaban J connectivity index is 1.68. The Hall–Kier alpha value is -2.80. The lowest BCUT2D eigenvalue weighted by Crippen LogP contribution is -2.47. The highest BCUT2D eigenvalue weighted by Gasteiger charge is 2.29. The van der Waals surface area contributed by atoms with E-state index in [1.165, 1.54) is 0 Å².